The molecule has 2 aliphatic heterocycles. The van der Waals surface area contributed by atoms with Gasteiger partial charge in [0.2, 0.25) is 15.9 Å². The third-order valence-electron chi connectivity index (χ3n) is 6.84. The molecule has 0 spiro atoms. The predicted octanol–water partition coefficient (Wildman–Crippen LogP) is 2.77. The maximum absolute atomic E-state index is 13.1. The van der Waals surface area contributed by atoms with E-state index in [9.17, 15) is 18.0 Å². The van der Waals surface area contributed by atoms with Crippen molar-refractivity contribution >= 4 is 43.6 Å². The molecule has 1 aromatic heterocycles. The largest absolute Gasteiger partial charge is 0.450 e. The molecule has 37 heavy (non-hydrogen) atoms. The molecule has 1 N–H and O–H groups in total. The topological polar surface area (TPSA) is 112 Å². The average Bonchev–Trinajstić information content (AvgIpc) is 2.86. The number of ether oxygens (including phenoxy) is 1. The molecule has 0 atom stereocenters. The van der Waals surface area contributed by atoms with Crippen molar-refractivity contribution < 1.29 is 22.7 Å². The fourth-order valence-corrected chi connectivity index (χ4v) is 6.45. The molecule has 2 fully saturated rings. The van der Waals surface area contributed by atoms with Crippen LogP contribution in [0.15, 0.2) is 52.0 Å². The lowest BCUT2D eigenvalue weighted by Crippen LogP contribution is -2.64. The Kier molecular flexibility index (Phi) is 8.39. The van der Waals surface area contributed by atoms with E-state index in [1.165, 1.54) is 16.4 Å². The van der Waals surface area contributed by atoms with E-state index >= 15 is 0 Å². The molecule has 3 heterocycles. The number of hydrogen-bond acceptors (Lipinski definition) is 7. The van der Waals surface area contributed by atoms with Crippen molar-refractivity contribution in [3.8, 4) is 0 Å². The fourth-order valence-electron chi connectivity index (χ4n) is 4.81. The van der Waals surface area contributed by atoms with Crippen LogP contribution in [0.1, 0.15) is 25.5 Å². The Hall–Kier alpha value is -2.70. The summed E-state index contributed by atoms with van der Waals surface area (Å²) in [7, 11) is -3.79. The number of hydrogen-bond donors (Lipinski definition) is 1. The number of aryl methyl sites for hydroxylation is 1. The van der Waals surface area contributed by atoms with Gasteiger partial charge in [-0.3, -0.25) is 9.78 Å². The van der Waals surface area contributed by atoms with Crippen LogP contribution in [-0.2, 0) is 19.6 Å². The maximum Gasteiger partial charge on any atom is 0.407 e. The monoisotopic (exact) mass is 593 g/mol. The van der Waals surface area contributed by atoms with Crippen LogP contribution in [0.25, 0.3) is 0 Å². The van der Waals surface area contributed by atoms with E-state index in [-0.39, 0.29) is 37.0 Å². The van der Waals surface area contributed by atoms with Gasteiger partial charge in [-0.25, -0.2) is 13.2 Å². The minimum Gasteiger partial charge on any atom is -0.450 e. The molecule has 200 valence electrons. The zero-order valence-corrected chi connectivity index (χ0v) is 23.4. The number of nitrogens with zero attached hydrogens (tertiary/aromatic N) is 4. The zero-order valence-electron chi connectivity index (χ0n) is 21.0. The van der Waals surface area contributed by atoms with Crippen molar-refractivity contribution in [1.29, 1.82) is 0 Å². The van der Waals surface area contributed by atoms with Gasteiger partial charge in [0.25, 0.3) is 0 Å². The van der Waals surface area contributed by atoms with Crippen molar-refractivity contribution in [1.82, 2.24) is 19.5 Å². The number of carbonyl (C=O) groups is 2. The molecule has 0 aliphatic carbocycles. The van der Waals surface area contributed by atoms with Crippen molar-refractivity contribution in [3.05, 3.63) is 52.8 Å². The SMILES string of the molecule is CCOC(=O)NC1(CN2CCN(S(=O)(=O)c3ccc(Br)cc3)CC2=O)CCN(c2ccnc(C)c2)CC1. The summed E-state index contributed by atoms with van der Waals surface area (Å²) in [6.07, 6.45) is 2.49. The Morgan fingerprint density at radius 2 is 1.84 bits per heavy atom. The van der Waals surface area contributed by atoms with Crippen LogP contribution in [0.2, 0.25) is 0 Å². The van der Waals surface area contributed by atoms with Crippen LogP contribution in [0.3, 0.4) is 0 Å². The van der Waals surface area contributed by atoms with Crippen LogP contribution >= 0.6 is 15.9 Å². The van der Waals surface area contributed by atoms with Gasteiger partial charge in [0.05, 0.1) is 23.6 Å². The van der Waals surface area contributed by atoms with Crippen LogP contribution in [0.4, 0.5) is 10.5 Å². The predicted molar refractivity (Wildman–Crippen MR) is 143 cm³/mol. The van der Waals surface area contributed by atoms with Crippen LogP contribution in [0.5, 0.6) is 0 Å². The van der Waals surface area contributed by atoms with E-state index in [4.69, 9.17) is 4.74 Å². The minimum absolute atomic E-state index is 0.149. The maximum atomic E-state index is 13.1. The highest BCUT2D eigenvalue weighted by Crippen LogP contribution is 2.29. The van der Waals surface area contributed by atoms with Gasteiger partial charge in [-0.15, -0.1) is 0 Å². The second-order valence-electron chi connectivity index (χ2n) is 9.38. The summed E-state index contributed by atoms with van der Waals surface area (Å²) in [6, 6.07) is 10.4. The Bertz CT molecular complexity index is 1230. The number of amides is 2. The van der Waals surface area contributed by atoms with Gasteiger partial charge in [-0.1, -0.05) is 15.9 Å². The number of carbonyl (C=O) groups excluding carboxylic acids is 2. The number of pyridine rings is 1. The molecule has 2 aliphatic rings. The van der Waals surface area contributed by atoms with Crippen molar-refractivity contribution in [3.63, 3.8) is 0 Å². The molecule has 12 heteroatoms. The van der Waals surface area contributed by atoms with Gasteiger partial charge in [0, 0.05) is 54.8 Å². The molecular weight excluding hydrogens is 562 g/mol. The number of benzene rings is 1. The molecule has 0 bridgehead atoms. The summed E-state index contributed by atoms with van der Waals surface area (Å²) < 4.78 is 33.3. The number of anilines is 1. The second-order valence-corrected chi connectivity index (χ2v) is 12.2. The van der Waals surface area contributed by atoms with E-state index in [2.05, 4.69) is 31.1 Å². The number of sulfonamides is 1. The molecule has 0 saturated carbocycles. The van der Waals surface area contributed by atoms with Crippen LogP contribution in [-0.4, -0.2) is 86.0 Å². The average molecular weight is 595 g/mol. The van der Waals surface area contributed by atoms with E-state index in [0.29, 0.717) is 32.5 Å². The summed E-state index contributed by atoms with van der Waals surface area (Å²) in [5, 5.41) is 3.03. The molecule has 4 rings (SSSR count). The quantitative estimate of drug-likeness (QED) is 0.525. The van der Waals surface area contributed by atoms with Gasteiger partial charge in [-0.2, -0.15) is 4.31 Å². The Morgan fingerprint density at radius 1 is 1.14 bits per heavy atom. The number of rotatable bonds is 7. The lowest BCUT2D eigenvalue weighted by atomic mass is 9.86. The number of halogens is 1. The standard InChI is InChI=1S/C25H32BrN5O5S/c1-3-36-24(33)28-25(9-12-29(13-10-25)21-8-11-27-19(2)16-21)18-30-14-15-31(17-23(30)32)37(34,35)22-6-4-20(26)5-7-22/h4-8,11,16H,3,9-10,12-15,17-18H2,1-2H3,(H,28,33). The number of alkyl carbamates (subject to hydrolysis) is 1. The van der Waals surface area contributed by atoms with Crippen LogP contribution < -0.4 is 10.2 Å². The zero-order chi connectivity index (χ0) is 26.6. The van der Waals surface area contributed by atoms with Gasteiger partial charge in [0.1, 0.15) is 0 Å². The van der Waals surface area contributed by atoms with Gasteiger partial charge < -0.3 is 19.9 Å². The van der Waals surface area contributed by atoms with Crippen molar-refractivity contribution in [2.75, 3.05) is 50.8 Å². The first kappa shape index (κ1) is 27.3. The lowest BCUT2D eigenvalue weighted by molar-refractivity contribution is -0.135. The number of aromatic nitrogens is 1. The molecule has 2 saturated heterocycles. The van der Waals surface area contributed by atoms with E-state index < -0.39 is 21.7 Å². The molecule has 10 nitrogen and oxygen atoms in total. The fraction of sp³-hybridized carbons (Fsp3) is 0.480. The summed E-state index contributed by atoms with van der Waals surface area (Å²) in [4.78, 5) is 33.9. The molecule has 2 aromatic rings. The summed E-state index contributed by atoms with van der Waals surface area (Å²) in [5.41, 5.74) is 1.33. The molecule has 1 aromatic carbocycles. The van der Waals surface area contributed by atoms with E-state index in [0.717, 1.165) is 15.9 Å². The number of piperidine rings is 1. The van der Waals surface area contributed by atoms with Crippen LogP contribution in [0, 0.1) is 6.92 Å². The highest BCUT2D eigenvalue weighted by atomic mass is 79.9. The number of piperazine rings is 1. The van der Waals surface area contributed by atoms with Crippen molar-refractivity contribution in [2.45, 2.75) is 37.1 Å². The first-order valence-corrected chi connectivity index (χ1v) is 14.5. The minimum atomic E-state index is -3.79. The molecule has 0 radical (unpaired) electrons. The Morgan fingerprint density at radius 3 is 2.46 bits per heavy atom. The highest BCUT2D eigenvalue weighted by Gasteiger charge is 2.41. The Balaban J connectivity index is 1.45. The first-order valence-electron chi connectivity index (χ1n) is 12.3. The molecular formula is C25H32BrN5O5S. The van der Waals surface area contributed by atoms with Gasteiger partial charge >= 0.3 is 6.09 Å². The second kappa shape index (κ2) is 11.4. The summed E-state index contributed by atoms with van der Waals surface area (Å²) >= 11 is 3.31. The van der Waals surface area contributed by atoms with E-state index in [1.807, 2.05) is 19.1 Å². The summed E-state index contributed by atoms with van der Waals surface area (Å²) in [5.74, 6) is -0.288. The number of nitrogens with one attached hydrogen (secondary N) is 1. The third kappa shape index (κ3) is 6.42. The smallest absolute Gasteiger partial charge is 0.407 e. The summed E-state index contributed by atoms with van der Waals surface area (Å²) in [6.45, 7) is 5.78. The highest BCUT2D eigenvalue weighted by molar-refractivity contribution is 9.10. The van der Waals surface area contributed by atoms with Gasteiger partial charge in [0.15, 0.2) is 0 Å². The molecule has 0 unspecified atom stereocenters. The van der Waals surface area contributed by atoms with Crippen molar-refractivity contribution in [2.24, 2.45) is 0 Å². The van der Waals surface area contributed by atoms with E-state index in [1.54, 1.807) is 30.2 Å². The third-order valence-corrected chi connectivity index (χ3v) is 9.23. The molecule has 2 amide bonds. The van der Waals surface area contributed by atoms with Gasteiger partial charge in [-0.05, 0) is 63.1 Å². The first-order chi connectivity index (χ1) is 17.6. The lowest BCUT2D eigenvalue weighted by Gasteiger charge is -2.46. The normalized spacial score (nSPS) is 18.5. The Labute approximate surface area is 226 Å².